The van der Waals surface area contributed by atoms with Gasteiger partial charge in [0.25, 0.3) is 5.91 Å². The fraction of sp³-hybridized carbons (Fsp3) is 0.529. The fourth-order valence-corrected chi connectivity index (χ4v) is 2.39. The van der Waals surface area contributed by atoms with E-state index in [1.165, 1.54) is 0 Å². The summed E-state index contributed by atoms with van der Waals surface area (Å²) in [5, 5.41) is 2.12. The summed E-state index contributed by atoms with van der Waals surface area (Å²) in [4.78, 5) is 23.6. The number of benzene rings is 1. The lowest BCUT2D eigenvalue weighted by Crippen LogP contribution is -2.44. The van der Waals surface area contributed by atoms with Crippen molar-refractivity contribution < 1.29 is 35.9 Å². The third kappa shape index (κ3) is 7.10. The first-order valence-electron chi connectivity index (χ1n) is 8.26. The summed E-state index contributed by atoms with van der Waals surface area (Å²) in [6.45, 7) is 1.96. The number of alkyl halides is 6. The van der Waals surface area contributed by atoms with E-state index in [4.69, 9.17) is 5.73 Å². The normalized spacial score (nSPS) is 13.3. The van der Waals surface area contributed by atoms with Gasteiger partial charge in [-0.2, -0.15) is 26.3 Å². The zero-order valence-corrected chi connectivity index (χ0v) is 14.5. The van der Waals surface area contributed by atoms with Gasteiger partial charge in [-0.3, -0.25) is 9.59 Å². The molecular weight excluding hydrogens is 378 g/mol. The Kier molecular flexibility index (Phi) is 7.67. The standard InChI is InChI=1S/C17H20F6N2O2/c1-2-3-4-5-6-13(14(24)26)25-15(27)10-7-11(16(18,19)20)9-12(8-10)17(21,22)23/h7-9,13H,2-6H2,1H3,(H2,24,26)(H,25,27)/t13-/m1/s1. The van der Waals surface area contributed by atoms with Crippen LogP contribution in [0.4, 0.5) is 26.3 Å². The topological polar surface area (TPSA) is 72.2 Å². The lowest BCUT2D eigenvalue weighted by molar-refractivity contribution is -0.143. The number of primary amides is 1. The van der Waals surface area contributed by atoms with Gasteiger partial charge < -0.3 is 11.1 Å². The van der Waals surface area contributed by atoms with E-state index in [1.807, 2.05) is 6.92 Å². The van der Waals surface area contributed by atoms with Crippen LogP contribution in [0, 0.1) is 0 Å². The number of amides is 2. The van der Waals surface area contributed by atoms with Gasteiger partial charge in [-0.1, -0.05) is 32.6 Å². The van der Waals surface area contributed by atoms with E-state index in [1.54, 1.807) is 0 Å². The van der Waals surface area contributed by atoms with E-state index in [0.29, 0.717) is 18.6 Å². The van der Waals surface area contributed by atoms with Crippen molar-refractivity contribution >= 4 is 11.8 Å². The molecule has 3 N–H and O–H groups in total. The van der Waals surface area contributed by atoms with Crippen molar-refractivity contribution in [2.75, 3.05) is 0 Å². The first kappa shape index (κ1) is 22.8. The van der Waals surface area contributed by atoms with Crippen molar-refractivity contribution in [2.24, 2.45) is 5.73 Å². The summed E-state index contributed by atoms with van der Waals surface area (Å²) in [5.74, 6) is -2.14. The molecule has 0 bridgehead atoms. The van der Waals surface area contributed by atoms with Gasteiger partial charge in [-0.15, -0.1) is 0 Å². The summed E-state index contributed by atoms with van der Waals surface area (Å²) in [5.41, 5.74) is 1.09. The number of nitrogens with one attached hydrogen (secondary N) is 1. The molecule has 0 fully saturated rings. The van der Waals surface area contributed by atoms with Crippen molar-refractivity contribution in [3.63, 3.8) is 0 Å². The van der Waals surface area contributed by atoms with Crippen LogP contribution in [0.2, 0.25) is 0 Å². The monoisotopic (exact) mass is 398 g/mol. The van der Waals surface area contributed by atoms with Crippen LogP contribution in [-0.2, 0) is 17.1 Å². The van der Waals surface area contributed by atoms with Crippen LogP contribution in [0.15, 0.2) is 18.2 Å². The zero-order valence-electron chi connectivity index (χ0n) is 14.5. The van der Waals surface area contributed by atoms with Crippen LogP contribution >= 0.6 is 0 Å². The van der Waals surface area contributed by atoms with E-state index in [2.05, 4.69) is 5.32 Å². The summed E-state index contributed by atoms with van der Waals surface area (Å²) < 4.78 is 77.1. The maximum absolute atomic E-state index is 12.9. The average molecular weight is 398 g/mol. The number of rotatable bonds is 8. The number of unbranched alkanes of at least 4 members (excludes halogenated alkanes) is 3. The summed E-state index contributed by atoms with van der Waals surface area (Å²) in [6.07, 6.45) is -6.93. The van der Waals surface area contributed by atoms with Crippen LogP contribution < -0.4 is 11.1 Å². The minimum Gasteiger partial charge on any atom is -0.368 e. The number of carbonyl (C=O) groups is 2. The van der Waals surface area contributed by atoms with Gasteiger partial charge in [0.05, 0.1) is 11.1 Å². The highest BCUT2D eigenvalue weighted by molar-refractivity contribution is 5.97. The van der Waals surface area contributed by atoms with E-state index in [0.717, 1.165) is 19.3 Å². The van der Waals surface area contributed by atoms with Gasteiger partial charge in [0.2, 0.25) is 5.91 Å². The number of hydrogen-bond donors (Lipinski definition) is 2. The average Bonchev–Trinajstić information content (AvgIpc) is 2.55. The van der Waals surface area contributed by atoms with Crippen LogP contribution in [0.1, 0.15) is 60.5 Å². The predicted molar refractivity (Wildman–Crippen MR) is 85.7 cm³/mol. The second kappa shape index (κ2) is 9.09. The van der Waals surface area contributed by atoms with Crippen molar-refractivity contribution in [1.82, 2.24) is 5.32 Å². The number of halogens is 6. The number of hydrogen-bond acceptors (Lipinski definition) is 2. The molecule has 10 heteroatoms. The predicted octanol–water partition coefficient (Wildman–Crippen LogP) is 4.28. The zero-order chi connectivity index (χ0) is 20.8. The Balaban J connectivity index is 3.08. The Labute approximate surface area is 152 Å². The third-order valence-corrected chi connectivity index (χ3v) is 3.84. The highest BCUT2D eigenvalue weighted by Gasteiger charge is 2.37. The minimum absolute atomic E-state index is 0.0763. The van der Waals surface area contributed by atoms with Gasteiger partial charge >= 0.3 is 12.4 Å². The molecule has 27 heavy (non-hydrogen) atoms. The molecule has 0 aliphatic carbocycles. The quantitative estimate of drug-likeness (QED) is 0.507. The molecule has 2 amide bonds. The van der Waals surface area contributed by atoms with Crippen LogP contribution in [0.25, 0.3) is 0 Å². The molecule has 0 saturated heterocycles. The molecule has 0 aromatic heterocycles. The molecule has 0 saturated carbocycles. The Bertz CT molecular complexity index is 638. The molecule has 0 aliphatic rings. The summed E-state index contributed by atoms with van der Waals surface area (Å²) in [7, 11) is 0. The Morgan fingerprint density at radius 2 is 1.48 bits per heavy atom. The molecule has 0 heterocycles. The largest absolute Gasteiger partial charge is 0.416 e. The SMILES string of the molecule is CCCCCC[C@@H](NC(=O)c1cc(C(F)(F)F)cc(C(F)(F)F)c1)C(N)=O. The summed E-state index contributed by atoms with van der Waals surface area (Å²) >= 11 is 0. The maximum Gasteiger partial charge on any atom is 0.416 e. The molecule has 1 aromatic carbocycles. The van der Waals surface area contributed by atoms with Crippen molar-refractivity contribution in [1.29, 1.82) is 0 Å². The molecule has 1 aromatic rings. The second-order valence-corrected chi connectivity index (χ2v) is 6.07. The Morgan fingerprint density at radius 3 is 1.89 bits per heavy atom. The minimum atomic E-state index is -5.07. The fourth-order valence-electron chi connectivity index (χ4n) is 2.39. The Hall–Kier alpha value is -2.26. The first-order chi connectivity index (χ1) is 12.4. The van der Waals surface area contributed by atoms with Crippen molar-refractivity contribution in [2.45, 2.75) is 57.4 Å². The van der Waals surface area contributed by atoms with Crippen molar-refractivity contribution in [3.05, 3.63) is 34.9 Å². The molecular formula is C17H20F6N2O2. The second-order valence-electron chi connectivity index (χ2n) is 6.07. The first-order valence-corrected chi connectivity index (χ1v) is 8.26. The Morgan fingerprint density at radius 1 is 0.963 bits per heavy atom. The molecule has 152 valence electrons. The van der Waals surface area contributed by atoms with Crippen LogP contribution in [-0.4, -0.2) is 17.9 Å². The third-order valence-electron chi connectivity index (χ3n) is 3.84. The highest BCUT2D eigenvalue weighted by Crippen LogP contribution is 2.36. The lowest BCUT2D eigenvalue weighted by Gasteiger charge is -2.17. The van der Waals surface area contributed by atoms with Gasteiger partial charge in [-0.05, 0) is 24.6 Å². The number of carbonyl (C=O) groups excluding carboxylic acids is 2. The van der Waals surface area contributed by atoms with Gasteiger partial charge in [-0.25, -0.2) is 0 Å². The van der Waals surface area contributed by atoms with E-state index < -0.39 is 46.9 Å². The lowest BCUT2D eigenvalue weighted by atomic mass is 10.0. The van der Waals surface area contributed by atoms with E-state index >= 15 is 0 Å². The molecule has 1 atom stereocenters. The molecule has 0 radical (unpaired) electrons. The van der Waals surface area contributed by atoms with E-state index in [9.17, 15) is 35.9 Å². The van der Waals surface area contributed by atoms with Gasteiger partial charge in [0.15, 0.2) is 0 Å². The van der Waals surface area contributed by atoms with Crippen LogP contribution in [0.5, 0.6) is 0 Å². The molecule has 0 aliphatic heterocycles. The smallest absolute Gasteiger partial charge is 0.368 e. The van der Waals surface area contributed by atoms with E-state index in [-0.39, 0.29) is 12.5 Å². The summed E-state index contributed by atoms with van der Waals surface area (Å²) in [6, 6.07) is -0.648. The molecule has 0 spiro atoms. The highest BCUT2D eigenvalue weighted by atomic mass is 19.4. The van der Waals surface area contributed by atoms with Crippen molar-refractivity contribution in [3.8, 4) is 0 Å². The van der Waals surface area contributed by atoms with Gasteiger partial charge in [0, 0.05) is 5.56 Å². The molecule has 4 nitrogen and oxygen atoms in total. The van der Waals surface area contributed by atoms with Crippen LogP contribution in [0.3, 0.4) is 0 Å². The number of nitrogens with two attached hydrogens (primary N) is 1. The van der Waals surface area contributed by atoms with Gasteiger partial charge in [0.1, 0.15) is 6.04 Å². The maximum atomic E-state index is 12.9. The molecule has 0 unspecified atom stereocenters. The molecule has 1 rings (SSSR count).